The van der Waals surface area contributed by atoms with E-state index in [-0.39, 0.29) is 0 Å². The third-order valence-corrected chi connectivity index (χ3v) is 3.12. The van der Waals surface area contributed by atoms with E-state index >= 15 is 0 Å². The van der Waals surface area contributed by atoms with Crippen LogP contribution in [0.2, 0.25) is 0 Å². The van der Waals surface area contributed by atoms with Gasteiger partial charge in [0.15, 0.2) is 0 Å². The quantitative estimate of drug-likeness (QED) is 0.606. The monoisotopic (exact) mass is 201 g/mol. The van der Waals surface area contributed by atoms with Crippen molar-refractivity contribution in [2.75, 3.05) is 5.32 Å². The number of anilines is 2. The molecule has 1 aromatic heterocycles. The van der Waals surface area contributed by atoms with Crippen molar-refractivity contribution in [3.05, 3.63) is 36.5 Å². The Kier molecular flexibility index (Phi) is 1.67. The van der Waals surface area contributed by atoms with Crippen LogP contribution in [0.25, 0.3) is 0 Å². The predicted octanol–water partition coefficient (Wildman–Crippen LogP) is 2.68. The maximum atomic E-state index is 4.07. The zero-order valence-electron chi connectivity index (χ0n) is 7.27. The molecule has 1 N–H and O–H groups in total. The molecule has 0 bridgehead atoms. The fourth-order valence-electron chi connectivity index (χ4n) is 1.40. The first kappa shape index (κ1) is 7.82. The van der Waals surface area contributed by atoms with Crippen LogP contribution >= 0.6 is 11.8 Å². The number of para-hydroxylation sites is 1. The van der Waals surface area contributed by atoms with Crippen LogP contribution in [-0.4, -0.2) is 10.2 Å². The number of rotatable bonds is 0. The van der Waals surface area contributed by atoms with Crippen LogP contribution in [-0.2, 0) is 0 Å². The van der Waals surface area contributed by atoms with Gasteiger partial charge in [-0.15, -0.1) is 5.10 Å². The molecule has 2 heterocycles. The van der Waals surface area contributed by atoms with E-state index in [1.807, 2.05) is 18.2 Å². The van der Waals surface area contributed by atoms with Gasteiger partial charge in [0.1, 0.15) is 5.03 Å². The van der Waals surface area contributed by atoms with E-state index in [0.717, 1.165) is 16.4 Å². The van der Waals surface area contributed by atoms with Crippen molar-refractivity contribution in [3.8, 4) is 0 Å². The Balaban J connectivity index is 2.12. The highest BCUT2D eigenvalue weighted by atomic mass is 32.2. The molecule has 14 heavy (non-hydrogen) atoms. The van der Waals surface area contributed by atoms with Crippen molar-refractivity contribution in [2.45, 2.75) is 9.92 Å². The minimum atomic E-state index is 0.936. The number of nitrogens with one attached hydrogen (secondary N) is 1. The van der Waals surface area contributed by atoms with Crippen LogP contribution in [0.15, 0.2) is 46.5 Å². The Morgan fingerprint density at radius 3 is 3.00 bits per heavy atom. The molecule has 68 valence electrons. The molecule has 0 atom stereocenters. The van der Waals surface area contributed by atoms with Crippen molar-refractivity contribution in [1.29, 1.82) is 0 Å². The summed E-state index contributed by atoms with van der Waals surface area (Å²) in [5.74, 6) is 0. The molecule has 0 spiro atoms. The average molecular weight is 201 g/mol. The van der Waals surface area contributed by atoms with Gasteiger partial charge in [-0.25, -0.2) is 0 Å². The Labute approximate surface area is 85.6 Å². The van der Waals surface area contributed by atoms with Crippen molar-refractivity contribution in [1.82, 2.24) is 10.2 Å². The van der Waals surface area contributed by atoms with Crippen molar-refractivity contribution >= 4 is 23.1 Å². The van der Waals surface area contributed by atoms with Crippen molar-refractivity contribution < 1.29 is 0 Å². The smallest absolute Gasteiger partial charge is 0.147 e. The summed E-state index contributed by atoms with van der Waals surface area (Å²) in [7, 11) is 0. The minimum Gasteiger partial charge on any atom is -0.352 e. The highest BCUT2D eigenvalue weighted by Gasteiger charge is 2.15. The zero-order chi connectivity index (χ0) is 9.38. The van der Waals surface area contributed by atoms with Crippen LogP contribution in [0.1, 0.15) is 0 Å². The van der Waals surface area contributed by atoms with Gasteiger partial charge in [0, 0.05) is 4.90 Å². The van der Waals surface area contributed by atoms with Crippen LogP contribution < -0.4 is 5.32 Å². The summed E-state index contributed by atoms with van der Waals surface area (Å²) in [6.07, 6.45) is 1.69. The zero-order valence-corrected chi connectivity index (χ0v) is 8.08. The lowest BCUT2D eigenvalue weighted by Gasteiger charge is -2.18. The third-order valence-electron chi connectivity index (χ3n) is 2.05. The Bertz CT molecular complexity index is 397. The van der Waals surface area contributed by atoms with E-state index in [0.29, 0.717) is 0 Å². The maximum Gasteiger partial charge on any atom is 0.147 e. The van der Waals surface area contributed by atoms with Gasteiger partial charge in [-0.2, -0.15) is 5.10 Å². The Hall–Kier alpha value is -1.55. The largest absolute Gasteiger partial charge is 0.352 e. The fraction of sp³-hybridized carbons (Fsp3) is 0. The van der Waals surface area contributed by atoms with E-state index in [1.165, 1.54) is 4.90 Å². The molecule has 0 amide bonds. The van der Waals surface area contributed by atoms with Gasteiger partial charge in [0.05, 0.1) is 17.6 Å². The van der Waals surface area contributed by atoms with Gasteiger partial charge < -0.3 is 5.32 Å². The molecule has 0 radical (unpaired) electrons. The second-order valence-corrected chi connectivity index (χ2v) is 4.00. The predicted molar refractivity (Wildman–Crippen MR) is 55.9 cm³/mol. The molecule has 1 aliphatic rings. The highest BCUT2D eigenvalue weighted by Crippen LogP contribution is 2.41. The topological polar surface area (TPSA) is 37.8 Å². The van der Waals surface area contributed by atoms with E-state index in [2.05, 4.69) is 27.6 Å². The number of hydrogen-bond acceptors (Lipinski definition) is 4. The lowest BCUT2D eigenvalue weighted by atomic mass is 10.3. The summed E-state index contributed by atoms with van der Waals surface area (Å²) in [5, 5.41) is 12.2. The van der Waals surface area contributed by atoms with Crippen LogP contribution in [0.3, 0.4) is 0 Å². The SMILES string of the molecule is c1ccc2c(c1)Nc1ccnnc1S2. The van der Waals surface area contributed by atoms with Gasteiger partial charge in [-0.1, -0.05) is 23.9 Å². The lowest BCUT2D eigenvalue weighted by molar-refractivity contribution is 0.929. The molecule has 4 heteroatoms. The summed E-state index contributed by atoms with van der Waals surface area (Å²) >= 11 is 1.65. The molecule has 0 aliphatic carbocycles. The number of hydrogen-bond donors (Lipinski definition) is 1. The number of nitrogens with zero attached hydrogens (tertiary/aromatic N) is 2. The molecule has 0 saturated carbocycles. The maximum absolute atomic E-state index is 4.07. The number of aromatic nitrogens is 2. The van der Waals surface area contributed by atoms with E-state index < -0.39 is 0 Å². The van der Waals surface area contributed by atoms with E-state index in [1.54, 1.807) is 18.0 Å². The van der Waals surface area contributed by atoms with Gasteiger partial charge in [0.2, 0.25) is 0 Å². The summed E-state index contributed by atoms with van der Waals surface area (Å²) < 4.78 is 0. The average Bonchev–Trinajstić information content (AvgIpc) is 2.26. The summed E-state index contributed by atoms with van der Waals surface area (Å²) in [5.41, 5.74) is 2.17. The molecule has 0 saturated heterocycles. The van der Waals surface area contributed by atoms with Crippen molar-refractivity contribution in [3.63, 3.8) is 0 Å². The summed E-state index contributed by atoms with van der Waals surface area (Å²) in [4.78, 5) is 1.19. The van der Waals surface area contributed by atoms with Gasteiger partial charge in [-0.05, 0) is 18.2 Å². The number of benzene rings is 1. The molecular weight excluding hydrogens is 194 g/mol. The first-order valence-corrected chi connectivity index (χ1v) is 5.11. The van der Waals surface area contributed by atoms with Crippen LogP contribution in [0.4, 0.5) is 11.4 Å². The Morgan fingerprint density at radius 2 is 2.00 bits per heavy atom. The summed E-state index contributed by atoms with van der Waals surface area (Å²) in [6, 6.07) is 10.1. The molecule has 2 aromatic rings. The molecule has 0 unspecified atom stereocenters. The first-order chi connectivity index (χ1) is 6.93. The van der Waals surface area contributed by atoms with E-state index in [4.69, 9.17) is 0 Å². The standard InChI is InChI=1S/C10H7N3S/c1-2-4-9-7(3-1)12-8-5-6-11-13-10(8)14-9/h1-6,12H. The van der Waals surface area contributed by atoms with Crippen molar-refractivity contribution in [2.24, 2.45) is 0 Å². The second-order valence-electron chi connectivity index (χ2n) is 2.97. The van der Waals surface area contributed by atoms with Gasteiger partial charge in [-0.3, -0.25) is 0 Å². The van der Waals surface area contributed by atoms with Gasteiger partial charge >= 0.3 is 0 Å². The molecule has 3 rings (SSSR count). The minimum absolute atomic E-state index is 0.936. The highest BCUT2D eigenvalue weighted by molar-refractivity contribution is 7.99. The van der Waals surface area contributed by atoms with E-state index in [9.17, 15) is 0 Å². The number of fused-ring (bicyclic) bond motifs is 2. The second kappa shape index (κ2) is 2.99. The molecular formula is C10H7N3S. The first-order valence-electron chi connectivity index (χ1n) is 4.29. The third kappa shape index (κ3) is 1.15. The molecule has 1 aromatic carbocycles. The molecule has 3 nitrogen and oxygen atoms in total. The van der Waals surface area contributed by atoms with Crippen LogP contribution in [0, 0.1) is 0 Å². The van der Waals surface area contributed by atoms with Gasteiger partial charge in [0.25, 0.3) is 0 Å². The molecule has 1 aliphatic heterocycles. The fourth-order valence-corrected chi connectivity index (χ4v) is 2.30. The normalized spacial score (nSPS) is 12.6. The Morgan fingerprint density at radius 1 is 1.07 bits per heavy atom. The summed E-state index contributed by atoms with van der Waals surface area (Å²) in [6.45, 7) is 0. The van der Waals surface area contributed by atoms with Crippen LogP contribution in [0.5, 0.6) is 0 Å². The lowest BCUT2D eigenvalue weighted by Crippen LogP contribution is -2.01. The molecule has 0 fully saturated rings.